The fourth-order valence-corrected chi connectivity index (χ4v) is 1.33. The van der Waals surface area contributed by atoms with Gasteiger partial charge < -0.3 is 4.90 Å². The van der Waals surface area contributed by atoms with E-state index >= 15 is 0 Å². The number of nitriles is 1. The molecular weight excluding hydrogens is 224 g/mol. The summed E-state index contributed by atoms with van der Waals surface area (Å²) in [6.07, 6.45) is 0. The van der Waals surface area contributed by atoms with Gasteiger partial charge in [0.15, 0.2) is 0 Å². The summed E-state index contributed by atoms with van der Waals surface area (Å²) >= 11 is 5.81. The van der Waals surface area contributed by atoms with Crippen LogP contribution in [0.1, 0.15) is 24.2 Å². The lowest BCUT2D eigenvalue weighted by atomic mass is 10.0. The van der Waals surface area contributed by atoms with Gasteiger partial charge >= 0.3 is 0 Å². The monoisotopic (exact) mass is 236 g/mol. The molecule has 0 heterocycles. The summed E-state index contributed by atoms with van der Waals surface area (Å²) < 4.78 is 0. The molecule has 0 aromatic heterocycles. The molecule has 0 unspecified atom stereocenters. The van der Waals surface area contributed by atoms with Gasteiger partial charge in [0, 0.05) is 17.6 Å². The molecule has 0 N–H and O–H groups in total. The van der Waals surface area contributed by atoms with Crippen LogP contribution < -0.4 is 0 Å². The van der Waals surface area contributed by atoms with Crippen LogP contribution in [0, 0.1) is 11.3 Å². The molecule has 0 saturated carbocycles. The lowest BCUT2D eigenvalue weighted by molar-refractivity contribution is 0.0698. The number of nitrogens with zero attached hydrogens (tertiary/aromatic N) is 2. The summed E-state index contributed by atoms with van der Waals surface area (Å²) in [6, 6.07) is 8.76. The topological polar surface area (TPSA) is 44.1 Å². The Bertz CT molecular complexity index is 449. The van der Waals surface area contributed by atoms with Crippen molar-refractivity contribution in [3.63, 3.8) is 0 Å². The number of amides is 1. The molecule has 0 radical (unpaired) electrons. The number of halogens is 1. The van der Waals surface area contributed by atoms with Crippen LogP contribution in [0.2, 0.25) is 5.02 Å². The Hall–Kier alpha value is -1.53. The van der Waals surface area contributed by atoms with Crippen molar-refractivity contribution in [2.45, 2.75) is 19.4 Å². The van der Waals surface area contributed by atoms with E-state index in [1.165, 1.54) is 4.90 Å². The lowest BCUT2D eigenvalue weighted by Crippen LogP contribution is -2.43. The van der Waals surface area contributed by atoms with Crippen molar-refractivity contribution < 1.29 is 4.79 Å². The fourth-order valence-electron chi connectivity index (χ4n) is 1.14. The Morgan fingerprint density at radius 1 is 1.50 bits per heavy atom. The van der Waals surface area contributed by atoms with Gasteiger partial charge in [-0.2, -0.15) is 5.26 Å². The minimum atomic E-state index is -0.834. The first-order valence-corrected chi connectivity index (χ1v) is 5.21. The van der Waals surface area contributed by atoms with Crippen LogP contribution in [-0.4, -0.2) is 23.4 Å². The van der Waals surface area contributed by atoms with Gasteiger partial charge in [-0.15, -0.1) is 0 Å². The van der Waals surface area contributed by atoms with Crippen molar-refractivity contribution in [3.05, 3.63) is 34.9 Å². The quantitative estimate of drug-likeness (QED) is 0.793. The van der Waals surface area contributed by atoms with Crippen molar-refractivity contribution in [3.8, 4) is 6.07 Å². The number of hydrogen-bond acceptors (Lipinski definition) is 2. The Morgan fingerprint density at radius 2 is 2.12 bits per heavy atom. The van der Waals surface area contributed by atoms with E-state index in [1.807, 2.05) is 0 Å². The second-order valence-electron chi connectivity index (χ2n) is 4.05. The van der Waals surface area contributed by atoms with Gasteiger partial charge in [-0.25, -0.2) is 0 Å². The maximum atomic E-state index is 12.0. The van der Waals surface area contributed by atoms with E-state index in [0.717, 1.165) is 0 Å². The van der Waals surface area contributed by atoms with Crippen LogP contribution >= 0.6 is 11.6 Å². The SMILES string of the molecule is CN(C(=O)c1cccc(Cl)c1)C(C)(C)C#N. The van der Waals surface area contributed by atoms with E-state index in [1.54, 1.807) is 45.2 Å². The predicted molar refractivity (Wildman–Crippen MR) is 63.2 cm³/mol. The van der Waals surface area contributed by atoms with E-state index < -0.39 is 5.54 Å². The minimum absolute atomic E-state index is 0.214. The molecule has 1 amide bonds. The van der Waals surface area contributed by atoms with Crippen molar-refractivity contribution in [2.75, 3.05) is 7.05 Å². The average Bonchev–Trinajstić information content (AvgIpc) is 2.27. The third kappa shape index (κ3) is 2.53. The maximum absolute atomic E-state index is 12.0. The molecule has 0 aliphatic heterocycles. The second-order valence-corrected chi connectivity index (χ2v) is 4.48. The molecule has 0 bridgehead atoms. The van der Waals surface area contributed by atoms with Gasteiger partial charge in [0.25, 0.3) is 5.91 Å². The molecule has 0 saturated heterocycles. The summed E-state index contributed by atoms with van der Waals surface area (Å²) in [5, 5.41) is 9.45. The van der Waals surface area contributed by atoms with Gasteiger partial charge in [-0.1, -0.05) is 17.7 Å². The zero-order valence-corrected chi connectivity index (χ0v) is 10.2. The average molecular weight is 237 g/mol. The van der Waals surface area contributed by atoms with Crippen LogP contribution in [-0.2, 0) is 0 Å². The van der Waals surface area contributed by atoms with Gasteiger partial charge in [-0.05, 0) is 32.0 Å². The normalized spacial score (nSPS) is 10.7. The Labute approximate surface area is 100 Å². The summed E-state index contributed by atoms with van der Waals surface area (Å²) in [5.41, 5.74) is -0.349. The molecular formula is C12H13ClN2O. The smallest absolute Gasteiger partial charge is 0.254 e. The van der Waals surface area contributed by atoms with Crippen molar-refractivity contribution in [1.82, 2.24) is 4.90 Å². The molecule has 3 nitrogen and oxygen atoms in total. The highest BCUT2D eigenvalue weighted by Gasteiger charge is 2.27. The number of benzene rings is 1. The second kappa shape index (κ2) is 4.54. The number of rotatable bonds is 2. The fraction of sp³-hybridized carbons (Fsp3) is 0.333. The molecule has 0 fully saturated rings. The van der Waals surface area contributed by atoms with Crippen molar-refractivity contribution >= 4 is 17.5 Å². The number of carbonyl (C=O) groups excluding carboxylic acids is 1. The van der Waals surface area contributed by atoms with Crippen LogP contribution in [0.5, 0.6) is 0 Å². The van der Waals surface area contributed by atoms with Crippen molar-refractivity contribution in [2.24, 2.45) is 0 Å². The van der Waals surface area contributed by atoms with E-state index in [2.05, 4.69) is 6.07 Å². The Balaban J connectivity index is 3.00. The largest absolute Gasteiger partial charge is 0.324 e. The first kappa shape index (κ1) is 12.5. The van der Waals surface area contributed by atoms with E-state index in [9.17, 15) is 4.79 Å². The van der Waals surface area contributed by atoms with Crippen LogP contribution in [0.15, 0.2) is 24.3 Å². The number of carbonyl (C=O) groups is 1. The first-order valence-electron chi connectivity index (χ1n) is 4.83. The van der Waals surface area contributed by atoms with E-state index in [-0.39, 0.29) is 5.91 Å². The van der Waals surface area contributed by atoms with Gasteiger partial charge in [0.1, 0.15) is 5.54 Å². The van der Waals surface area contributed by atoms with Gasteiger partial charge in [0.05, 0.1) is 6.07 Å². The minimum Gasteiger partial charge on any atom is -0.324 e. The lowest BCUT2D eigenvalue weighted by Gasteiger charge is -2.29. The molecule has 0 spiro atoms. The highest BCUT2D eigenvalue weighted by atomic mass is 35.5. The number of hydrogen-bond donors (Lipinski definition) is 0. The highest BCUT2D eigenvalue weighted by molar-refractivity contribution is 6.30. The molecule has 0 aliphatic carbocycles. The van der Waals surface area contributed by atoms with Gasteiger partial charge in [-0.3, -0.25) is 4.79 Å². The summed E-state index contributed by atoms with van der Waals surface area (Å²) in [6.45, 7) is 3.38. The summed E-state index contributed by atoms with van der Waals surface area (Å²) in [4.78, 5) is 13.4. The molecule has 16 heavy (non-hydrogen) atoms. The zero-order valence-electron chi connectivity index (χ0n) is 9.49. The molecule has 1 aromatic carbocycles. The third-order valence-corrected chi connectivity index (χ3v) is 2.72. The van der Waals surface area contributed by atoms with Crippen LogP contribution in [0.3, 0.4) is 0 Å². The third-order valence-electron chi connectivity index (χ3n) is 2.49. The predicted octanol–water partition coefficient (Wildman–Crippen LogP) is 2.71. The maximum Gasteiger partial charge on any atom is 0.254 e. The van der Waals surface area contributed by atoms with Crippen molar-refractivity contribution in [1.29, 1.82) is 5.26 Å². The Kier molecular flexibility index (Phi) is 3.56. The van der Waals surface area contributed by atoms with Crippen LogP contribution in [0.4, 0.5) is 0 Å². The molecule has 84 valence electrons. The summed E-state index contributed by atoms with van der Waals surface area (Å²) in [7, 11) is 1.60. The van der Waals surface area contributed by atoms with Crippen LogP contribution in [0.25, 0.3) is 0 Å². The van der Waals surface area contributed by atoms with E-state index in [4.69, 9.17) is 16.9 Å². The first-order chi connectivity index (χ1) is 7.38. The zero-order chi connectivity index (χ0) is 12.3. The standard InChI is InChI=1S/C12H13ClN2O/c1-12(2,8-14)15(3)11(16)9-5-4-6-10(13)7-9/h4-7H,1-3H3. The van der Waals surface area contributed by atoms with E-state index in [0.29, 0.717) is 10.6 Å². The summed E-state index contributed by atoms with van der Waals surface area (Å²) in [5.74, 6) is -0.214. The molecule has 1 aromatic rings. The molecule has 1 rings (SSSR count). The molecule has 0 atom stereocenters. The Morgan fingerprint density at radius 3 is 2.62 bits per heavy atom. The molecule has 4 heteroatoms. The highest BCUT2D eigenvalue weighted by Crippen LogP contribution is 2.17. The molecule has 0 aliphatic rings. The van der Waals surface area contributed by atoms with Gasteiger partial charge in [0.2, 0.25) is 0 Å².